The van der Waals surface area contributed by atoms with Crippen LogP contribution in [0.25, 0.3) is 0 Å². The average molecular weight is 236 g/mol. The fraction of sp³-hybridized carbons (Fsp3) is 0.250. The quantitative estimate of drug-likeness (QED) is 0.585. The van der Waals surface area contributed by atoms with E-state index >= 15 is 0 Å². The lowest BCUT2D eigenvalue weighted by molar-refractivity contribution is -0.385. The smallest absolute Gasteiger partial charge is 0.275 e. The molecule has 0 radical (unpaired) electrons. The highest BCUT2D eigenvalue weighted by Crippen LogP contribution is 2.39. The Balaban J connectivity index is 3.47. The Bertz CT molecular complexity index is 393. The maximum atomic E-state index is 10.6. The molecular formula is C8H7Cl2NO3. The van der Waals surface area contributed by atoms with E-state index in [2.05, 4.69) is 0 Å². The van der Waals surface area contributed by atoms with E-state index in [0.29, 0.717) is 5.56 Å². The third-order valence-corrected chi connectivity index (χ3v) is 2.53. The van der Waals surface area contributed by atoms with Crippen molar-refractivity contribution in [2.75, 3.05) is 7.11 Å². The Morgan fingerprint density at radius 3 is 2.50 bits per heavy atom. The molecule has 0 amide bonds. The number of nitro benzene ring substituents is 1. The Kier molecular flexibility index (Phi) is 3.18. The number of rotatable bonds is 2. The van der Waals surface area contributed by atoms with Gasteiger partial charge in [-0.3, -0.25) is 10.1 Å². The SMILES string of the molecule is COc1c(Cl)cc([N+](=O)[O-])c(C)c1Cl. The van der Waals surface area contributed by atoms with Crippen LogP contribution >= 0.6 is 23.2 Å². The lowest BCUT2D eigenvalue weighted by atomic mass is 10.2. The number of ether oxygens (including phenoxy) is 1. The van der Waals surface area contributed by atoms with Gasteiger partial charge in [-0.25, -0.2) is 0 Å². The molecule has 6 heteroatoms. The minimum atomic E-state index is -0.535. The van der Waals surface area contributed by atoms with E-state index < -0.39 is 4.92 Å². The predicted molar refractivity (Wildman–Crippen MR) is 54.4 cm³/mol. The lowest BCUT2D eigenvalue weighted by Crippen LogP contribution is -1.95. The molecule has 1 aromatic carbocycles. The molecule has 1 rings (SSSR count). The molecule has 0 aromatic heterocycles. The van der Waals surface area contributed by atoms with Crippen LogP contribution in [-0.2, 0) is 0 Å². The summed E-state index contributed by atoms with van der Waals surface area (Å²) in [4.78, 5) is 10.0. The molecule has 0 fully saturated rings. The first-order valence-electron chi connectivity index (χ1n) is 3.66. The number of methoxy groups -OCH3 is 1. The molecule has 1 aromatic rings. The third kappa shape index (κ3) is 1.76. The molecule has 0 N–H and O–H groups in total. The molecule has 0 bridgehead atoms. The van der Waals surface area contributed by atoms with Gasteiger partial charge in [0.15, 0.2) is 5.75 Å². The Morgan fingerprint density at radius 1 is 1.50 bits per heavy atom. The summed E-state index contributed by atoms with van der Waals surface area (Å²) in [7, 11) is 1.40. The summed E-state index contributed by atoms with van der Waals surface area (Å²) in [5.74, 6) is 0.261. The van der Waals surface area contributed by atoms with Gasteiger partial charge in [-0.2, -0.15) is 0 Å². The largest absolute Gasteiger partial charge is 0.494 e. The van der Waals surface area contributed by atoms with Crippen molar-refractivity contribution in [3.8, 4) is 5.75 Å². The van der Waals surface area contributed by atoms with Crippen molar-refractivity contribution in [3.05, 3.63) is 31.8 Å². The molecule has 0 aliphatic rings. The number of benzene rings is 1. The monoisotopic (exact) mass is 235 g/mol. The van der Waals surface area contributed by atoms with Crippen LogP contribution < -0.4 is 4.74 Å². The zero-order chi connectivity index (χ0) is 10.9. The van der Waals surface area contributed by atoms with E-state index in [9.17, 15) is 10.1 Å². The first kappa shape index (κ1) is 11.1. The Morgan fingerprint density at radius 2 is 2.07 bits per heavy atom. The second-order valence-electron chi connectivity index (χ2n) is 2.61. The van der Waals surface area contributed by atoms with Crippen LogP contribution in [0, 0.1) is 17.0 Å². The summed E-state index contributed by atoms with van der Waals surface area (Å²) in [6.45, 7) is 1.54. The van der Waals surface area contributed by atoms with E-state index in [1.807, 2.05) is 0 Å². The maximum Gasteiger partial charge on any atom is 0.275 e. The highest BCUT2D eigenvalue weighted by molar-refractivity contribution is 6.38. The molecule has 0 spiro atoms. The Labute approximate surface area is 90.5 Å². The molecule has 0 aliphatic heterocycles. The topological polar surface area (TPSA) is 52.4 Å². The van der Waals surface area contributed by atoms with Crippen LogP contribution in [0.1, 0.15) is 5.56 Å². The average Bonchev–Trinajstić information content (AvgIpc) is 2.12. The number of nitro groups is 1. The second-order valence-corrected chi connectivity index (χ2v) is 3.39. The third-order valence-electron chi connectivity index (χ3n) is 1.79. The van der Waals surface area contributed by atoms with Gasteiger partial charge in [0, 0.05) is 11.6 Å². The number of nitrogens with zero attached hydrogens (tertiary/aromatic N) is 1. The molecule has 0 unspecified atom stereocenters. The molecule has 0 aliphatic carbocycles. The molecule has 14 heavy (non-hydrogen) atoms. The molecule has 76 valence electrons. The van der Waals surface area contributed by atoms with Crippen LogP contribution in [0.15, 0.2) is 6.07 Å². The zero-order valence-electron chi connectivity index (χ0n) is 7.51. The molecule has 0 atom stereocenters. The summed E-state index contributed by atoms with van der Waals surface area (Å²) in [5, 5.41) is 10.9. The van der Waals surface area contributed by atoms with Crippen molar-refractivity contribution in [2.24, 2.45) is 0 Å². The fourth-order valence-corrected chi connectivity index (χ4v) is 1.66. The van der Waals surface area contributed by atoms with E-state index in [1.54, 1.807) is 6.92 Å². The summed E-state index contributed by atoms with van der Waals surface area (Å²) >= 11 is 11.6. The maximum absolute atomic E-state index is 10.6. The summed E-state index contributed by atoms with van der Waals surface area (Å²) in [5.41, 5.74) is 0.235. The second kappa shape index (κ2) is 4.02. The molecular weight excluding hydrogens is 229 g/mol. The summed E-state index contributed by atoms with van der Waals surface area (Å²) in [6, 6.07) is 1.22. The van der Waals surface area contributed by atoms with Gasteiger partial charge in [-0.05, 0) is 6.92 Å². The van der Waals surface area contributed by atoms with Crippen molar-refractivity contribution < 1.29 is 9.66 Å². The van der Waals surface area contributed by atoms with Crippen LogP contribution in [-0.4, -0.2) is 12.0 Å². The standard InChI is InChI=1S/C8H7Cl2NO3/c1-4-6(11(12)13)3-5(9)8(14-2)7(4)10/h3H,1-2H3. The van der Waals surface area contributed by atoms with Crippen LogP contribution in [0.5, 0.6) is 5.75 Å². The first-order chi connectivity index (χ1) is 6.49. The number of hydrogen-bond donors (Lipinski definition) is 0. The van der Waals surface area contributed by atoms with Crippen LogP contribution in [0.2, 0.25) is 10.0 Å². The van der Waals surface area contributed by atoms with Gasteiger partial charge in [-0.1, -0.05) is 23.2 Å². The van der Waals surface area contributed by atoms with Crippen molar-refractivity contribution in [1.82, 2.24) is 0 Å². The van der Waals surface area contributed by atoms with E-state index in [0.717, 1.165) is 0 Å². The molecule has 0 saturated carbocycles. The number of hydrogen-bond acceptors (Lipinski definition) is 3. The molecule has 0 saturated heterocycles. The summed E-state index contributed by atoms with van der Waals surface area (Å²) < 4.78 is 4.90. The van der Waals surface area contributed by atoms with Crippen molar-refractivity contribution in [3.63, 3.8) is 0 Å². The highest BCUT2D eigenvalue weighted by Gasteiger charge is 2.20. The number of halogens is 2. The van der Waals surface area contributed by atoms with Crippen LogP contribution in [0.4, 0.5) is 5.69 Å². The van der Waals surface area contributed by atoms with Gasteiger partial charge >= 0.3 is 0 Å². The van der Waals surface area contributed by atoms with Gasteiger partial charge < -0.3 is 4.74 Å². The van der Waals surface area contributed by atoms with Crippen LogP contribution in [0.3, 0.4) is 0 Å². The van der Waals surface area contributed by atoms with Gasteiger partial charge in [0.2, 0.25) is 0 Å². The van der Waals surface area contributed by atoms with Gasteiger partial charge in [0.05, 0.1) is 22.1 Å². The van der Waals surface area contributed by atoms with E-state index in [1.165, 1.54) is 13.2 Å². The lowest BCUT2D eigenvalue weighted by Gasteiger charge is -2.07. The van der Waals surface area contributed by atoms with Gasteiger partial charge in [0.1, 0.15) is 0 Å². The minimum Gasteiger partial charge on any atom is -0.494 e. The van der Waals surface area contributed by atoms with E-state index in [-0.39, 0.29) is 21.5 Å². The summed E-state index contributed by atoms with van der Waals surface area (Å²) in [6.07, 6.45) is 0. The zero-order valence-corrected chi connectivity index (χ0v) is 9.02. The fourth-order valence-electron chi connectivity index (χ4n) is 1.06. The highest BCUT2D eigenvalue weighted by atomic mass is 35.5. The minimum absolute atomic E-state index is 0.110. The van der Waals surface area contributed by atoms with Crippen molar-refractivity contribution in [2.45, 2.75) is 6.92 Å². The predicted octanol–water partition coefficient (Wildman–Crippen LogP) is 3.22. The normalized spacial score (nSPS) is 10.0. The molecule has 0 heterocycles. The first-order valence-corrected chi connectivity index (χ1v) is 4.41. The van der Waals surface area contributed by atoms with E-state index in [4.69, 9.17) is 27.9 Å². The van der Waals surface area contributed by atoms with Gasteiger partial charge in [0.25, 0.3) is 5.69 Å². The molecule has 4 nitrogen and oxygen atoms in total. The van der Waals surface area contributed by atoms with Crippen molar-refractivity contribution >= 4 is 28.9 Å². The van der Waals surface area contributed by atoms with Gasteiger partial charge in [-0.15, -0.1) is 0 Å². The Hall–Kier alpha value is -1.00. The van der Waals surface area contributed by atoms with Crippen molar-refractivity contribution in [1.29, 1.82) is 0 Å².